The molecule has 0 fully saturated rings. The third-order valence-electron chi connectivity index (χ3n) is 4.66. The van der Waals surface area contributed by atoms with Gasteiger partial charge in [-0.1, -0.05) is 30.0 Å². The molecule has 0 amide bonds. The lowest BCUT2D eigenvalue weighted by Gasteiger charge is -2.11. The van der Waals surface area contributed by atoms with E-state index in [1.807, 2.05) is 0 Å². The maximum absolute atomic E-state index is 13.0. The molecule has 0 radical (unpaired) electrons. The Kier molecular flexibility index (Phi) is 5.86. The Bertz CT molecular complexity index is 1370. The molecule has 0 bridgehead atoms. The Hall–Kier alpha value is -3.80. The zero-order valence-corrected chi connectivity index (χ0v) is 17.3. The smallest absolute Gasteiger partial charge is 0.294 e. The molecule has 0 N–H and O–H groups in total. The molecule has 4 aromatic rings. The van der Waals surface area contributed by atoms with Crippen molar-refractivity contribution in [2.45, 2.75) is 17.2 Å². The van der Waals surface area contributed by atoms with E-state index in [-0.39, 0.29) is 39.6 Å². The second-order valence-electron chi connectivity index (χ2n) is 6.58. The van der Waals surface area contributed by atoms with Crippen LogP contribution in [0.4, 0.5) is 14.5 Å². The monoisotopic (exact) mass is 459 g/mol. The average Bonchev–Trinajstić information content (AvgIpc) is 3.21. The summed E-state index contributed by atoms with van der Waals surface area (Å²) < 4.78 is 33.1. The van der Waals surface area contributed by atoms with Crippen LogP contribution < -0.4 is 10.3 Å². The van der Waals surface area contributed by atoms with Gasteiger partial charge in [0.2, 0.25) is 0 Å². The Balaban J connectivity index is 1.71. The molecule has 4 rings (SSSR count). The van der Waals surface area contributed by atoms with E-state index in [4.69, 9.17) is 4.74 Å². The third-order valence-corrected chi connectivity index (χ3v) is 5.43. The van der Waals surface area contributed by atoms with Crippen LogP contribution in [-0.2, 0) is 6.54 Å². The molecular formula is C20H15F2N5O4S. The van der Waals surface area contributed by atoms with Gasteiger partial charge in [0.15, 0.2) is 5.65 Å². The highest BCUT2D eigenvalue weighted by molar-refractivity contribution is 7.99. The van der Waals surface area contributed by atoms with Crippen LogP contribution in [-0.4, -0.2) is 37.1 Å². The van der Waals surface area contributed by atoms with Crippen molar-refractivity contribution in [2.24, 2.45) is 0 Å². The number of methoxy groups -OCH3 is 1. The van der Waals surface area contributed by atoms with Crippen molar-refractivity contribution in [3.05, 3.63) is 81.0 Å². The molecule has 2 aromatic carbocycles. The number of aromatic nitrogens is 4. The number of benzene rings is 2. The molecule has 0 atom stereocenters. The van der Waals surface area contributed by atoms with E-state index in [0.29, 0.717) is 17.3 Å². The predicted molar refractivity (Wildman–Crippen MR) is 114 cm³/mol. The molecule has 9 nitrogen and oxygen atoms in total. The van der Waals surface area contributed by atoms with Gasteiger partial charge in [-0.05, 0) is 23.8 Å². The van der Waals surface area contributed by atoms with Crippen LogP contribution in [0.3, 0.4) is 0 Å². The fraction of sp³-hybridized carbons (Fsp3) is 0.150. The van der Waals surface area contributed by atoms with Crippen LogP contribution in [0.2, 0.25) is 0 Å². The van der Waals surface area contributed by atoms with Crippen molar-refractivity contribution in [3.8, 4) is 11.4 Å². The molecule has 0 aliphatic heterocycles. The summed E-state index contributed by atoms with van der Waals surface area (Å²) in [6, 6.07) is 10.7. The van der Waals surface area contributed by atoms with Crippen LogP contribution in [0.15, 0.2) is 64.7 Å². The van der Waals surface area contributed by atoms with Gasteiger partial charge in [-0.15, -0.1) is 0 Å². The van der Waals surface area contributed by atoms with E-state index >= 15 is 0 Å². The van der Waals surface area contributed by atoms with E-state index in [1.54, 1.807) is 18.2 Å². The minimum atomic E-state index is -2.58. The highest BCUT2D eigenvalue weighted by Gasteiger charge is 2.19. The second-order valence-corrected chi connectivity index (χ2v) is 7.61. The Labute approximate surface area is 183 Å². The zero-order chi connectivity index (χ0) is 22.8. The molecule has 0 saturated carbocycles. The number of alkyl halides is 2. The normalized spacial score (nSPS) is 11.2. The third kappa shape index (κ3) is 4.04. The van der Waals surface area contributed by atoms with E-state index in [9.17, 15) is 23.7 Å². The molecule has 2 heterocycles. The molecular weight excluding hydrogens is 444 g/mol. The standard InChI is InChI=1S/C20H15F2N5O4S/c1-31-16-8-12(6-7-17(16)32-20(21)22)10-25-11-23-18-13(19(25)28)9-24-26(18)14-4-2-3-5-15(14)27(29)30/h2-9,11,20H,10H2,1H3. The van der Waals surface area contributed by atoms with Crippen LogP contribution in [0, 0.1) is 10.1 Å². The van der Waals surface area contributed by atoms with Crippen LogP contribution in [0.1, 0.15) is 5.56 Å². The lowest BCUT2D eigenvalue weighted by atomic mass is 10.2. The molecule has 0 saturated heterocycles. The minimum Gasteiger partial charge on any atom is -0.496 e. The Morgan fingerprint density at radius 2 is 2.03 bits per heavy atom. The first-order valence-electron chi connectivity index (χ1n) is 9.17. The molecule has 0 aliphatic carbocycles. The van der Waals surface area contributed by atoms with Crippen LogP contribution in [0.25, 0.3) is 16.7 Å². The first kappa shape index (κ1) is 21.4. The maximum atomic E-state index is 13.0. The number of para-hydroxylation sites is 2. The molecule has 0 unspecified atom stereocenters. The van der Waals surface area contributed by atoms with Gasteiger partial charge in [-0.3, -0.25) is 19.5 Å². The maximum Gasteiger partial charge on any atom is 0.294 e. The fourth-order valence-electron chi connectivity index (χ4n) is 3.24. The van der Waals surface area contributed by atoms with E-state index in [2.05, 4.69) is 10.1 Å². The Morgan fingerprint density at radius 3 is 2.75 bits per heavy atom. The molecule has 2 aromatic heterocycles. The number of ether oxygens (including phenoxy) is 1. The minimum absolute atomic E-state index is 0.119. The quantitative estimate of drug-likeness (QED) is 0.235. The van der Waals surface area contributed by atoms with Crippen LogP contribution in [0.5, 0.6) is 5.75 Å². The summed E-state index contributed by atoms with van der Waals surface area (Å²) in [5, 5.41) is 15.6. The summed E-state index contributed by atoms with van der Waals surface area (Å²) in [6.07, 6.45) is 2.62. The first-order chi connectivity index (χ1) is 15.4. The second kappa shape index (κ2) is 8.75. The molecule has 164 valence electrons. The van der Waals surface area contributed by atoms with Crippen molar-refractivity contribution < 1.29 is 18.4 Å². The van der Waals surface area contributed by atoms with Gasteiger partial charge < -0.3 is 4.74 Å². The number of nitro benzene ring substituents is 1. The first-order valence-corrected chi connectivity index (χ1v) is 10.1. The summed E-state index contributed by atoms with van der Waals surface area (Å²) in [7, 11) is 1.38. The van der Waals surface area contributed by atoms with Gasteiger partial charge in [0.25, 0.3) is 17.0 Å². The number of nitro groups is 1. The number of hydrogen-bond donors (Lipinski definition) is 0. The summed E-state index contributed by atoms with van der Waals surface area (Å²) in [5.74, 6) is -2.31. The lowest BCUT2D eigenvalue weighted by molar-refractivity contribution is -0.384. The number of hydrogen-bond acceptors (Lipinski definition) is 7. The fourth-order valence-corrected chi connectivity index (χ4v) is 3.83. The number of fused-ring (bicyclic) bond motifs is 1. The van der Waals surface area contributed by atoms with Gasteiger partial charge in [0, 0.05) is 6.07 Å². The van der Waals surface area contributed by atoms with E-state index in [1.165, 1.54) is 53.1 Å². The van der Waals surface area contributed by atoms with Gasteiger partial charge >= 0.3 is 0 Å². The van der Waals surface area contributed by atoms with E-state index < -0.39 is 16.2 Å². The number of nitrogens with zero attached hydrogens (tertiary/aromatic N) is 5. The summed E-state index contributed by atoms with van der Waals surface area (Å²) >= 11 is 0.375. The topological polar surface area (TPSA) is 105 Å². The van der Waals surface area contributed by atoms with Crippen molar-refractivity contribution in [1.82, 2.24) is 19.3 Å². The Morgan fingerprint density at radius 1 is 1.25 bits per heavy atom. The lowest BCUT2D eigenvalue weighted by Crippen LogP contribution is -2.21. The predicted octanol–water partition coefficient (Wildman–Crippen LogP) is 3.86. The van der Waals surface area contributed by atoms with E-state index in [0.717, 1.165) is 0 Å². The highest BCUT2D eigenvalue weighted by Crippen LogP contribution is 2.34. The number of rotatable bonds is 7. The van der Waals surface area contributed by atoms with Gasteiger partial charge in [0.1, 0.15) is 23.2 Å². The van der Waals surface area contributed by atoms with Crippen molar-refractivity contribution in [1.29, 1.82) is 0 Å². The summed E-state index contributed by atoms with van der Waals surface area (Å²) in [5.41, 5.74) is 0.452. The van der Waals surface area contributed by atoms with Gasteiger partial charge in [-0.2, -0.15) is 13.9 Å². The molecule has 12 heteroatoms. The van der Waals surface area contributed by atoms with Gasteiger partial charge in [0.05, 0.1) is 29.7 Å². The van der Waals surface area contributed by atoms with Crippen molar-refractivity contribution in [3.63, 3.8) is 0 Å². The molecule has 32 heavy (non-hydrogen) atoms. The highest BCUT2D eigenvalue weighted by atomic mass is 32.2. The zero-order valence-electron chi connectivity index (χ0n) is 16.5. The molecule has 0 aliphatic rings. The average molecular weight is 459 g/mol. The summed E-state index contributed by atoms with van der Waals surface area (Å²) in [6.45, 7) is 0.119. The largest absolute Gasteiger partial charge is 0.496 e. The molecule has 0 spiro atoms. The number of halogens is 2. The summed E-state index contributed by atoms with van der Waals surface area (Å²) in [4.78, 5) is 28.3. The van der Waals surface area contributed by atoms with Crippen molar-refractivity contribution in [2.75, 3.05) is 7.11 Å². The number of thioether (sulfide) groups is 1. The van der Waals surface area contributed by atoms with Gasteiger partial charge in [-0.25, -0.2) is 9.67 Å². The van der Waals surface area contributed by atoms with Crippen molar-refractivity contribution >= 4 is 28.5 Å². The van der Waals surface area contributed by atoms with Crippen LogP contribution >= 0.6 is 11.8 Å². The SMILES string of the molecule is COc1cc(Cn2cnc3c(cnn3-c3ccccc3[N+](=O)[O-])c2=O)ccc1SC(F)F.